The number of anilines is 1. The van der Waals surface area contributed by atoms with E-state index in [-0.39, 0.29) is 24.2 Å². The van der Waals surface area contributed by atoms with Crippen LogP contribution < -0.4 is 10.6 Å². The first-order chi connectivity index (χ1) is 15.0. The zero-order valence-electron chi connectivity index (χ0n) is 17.3. The molecule has 1 aromatic rings. The lowest BCUT2D eigenvalue weighted by Crippen LogP contribution is -2.71. The minimum atomic E-state index is -2.94. The van der Waals surface area contributed by atoms with E-state index in [4.69, 9.17) is 5.73 Å². The van der Waals surface area contributed by atoms with Gasteiger partial charge in [0.1, 0.15) is 5.75 Å². The van der Waals surface area contributed by atoms with Crippen molar-refractivity contribution in [1.82, 2.24) is 0 Å². The van der Waals surface area contributed by atoms with Crippen LogP contribution in [0.1, 0.15) is 22.3 Å². The number of carbonyl (C=O) groups is 5. The summed E-state index contributed by atoms with van der Waals surface area (Å²) >= 11 is 0. The summed E-state index contributed by atoms with van der Waals surface area (Å²) in [6.45, 7) is 0. The fraction of sp³-hybridized carbons (Fsp3) is 0.476. The maximum absolute atomic E-state index is 13.4. The summed E-state index contributed by atoms with van der Waals surface area (Å²) in [5.74, 6) is -12.3. The number of rotatable bonds is 3. The standard InChI is InChI=1S/C21H21N3O8/c1-24(2)10-3-4-11(25)13-8(10)5-7-6-9-15(23-32)17(27)14(20(22)30)19(29)21(9,31)18(28)12(7)16(13)26/h3-4,7,9,12,14-15,25,31H,5-6H2,1-2H3,(H2,22,30). The average molecular weight is 443 g/mol. The molecule has 4 rings (SSSR count). The van der Waals surface area contributed by atoms with Gasteiger partial charge in [0.15, 0.2) is 40.7 Å². The van der Waals surface area contributed by atoms with Crippen LogP contribution in [0.15, 0.2) is 17.3 Å². The van der Waals surface area contributed by atoms with E-state index in [1.807, 2.05) is 0 Å². The van der Waals surface area contributed by atoms with Crippen LogP contribution in [-0.2, 0) is 25.6 Å². The number of phenols is 1. The van der Waals surface area contributed by atoms with Crippen LogP contribution in [0.3, 0.4) is 0 Å². The maximum atomic E-state index is 13.4. The number of ketones is 4. The van der Waals surface area contributed by atoms with E-state index in [0.29, 0.717) is 11.3 Å². The Labute approximate surface area is 181 Å². The first-order valence-corrected chi connectivity index (χ1v) is 9.99. The predicted octanol–water partition coefficient (Wildman–Crippen LogP) is -0.862. The number of hydrogen-bond acceptors (Lipinski definition) is 10. The van der Waals surface area contributed by atoms with Gasteiger partial charge in [0.2, 0.25) is 5.91 Å². The molecule has 168 valence electrons. The topological polar surface area (TPSA) is 184 Å². The first-order valence-electron chi connectivity index (χ1n) is 9.99. The SMILES string of the molecule is CN(C)c1ccc(O)c2c1CC1CC3C(N=O)C(=O)C(C(N)=O)C(=O)C3(O)C(=O)C1C2=O. The molecule has 6 atom stereocenters. The highest BCUT2D eigenvalue weighted by atomic mass is 16.3. The lowest BCUT2D eigenvalue weighted by atomic mass is 9.52. The normalized spacial score (nSPS) is 33.8. The van der Waals surface area contributed by atoms with Gasteiger partial charge >= 0.3 is 0 Å². The Bertz CT molecular complexity index is 1110. The van der Waals surface area contributed by atoms with Crippen LogP contribution in [0.25, 0.3) is 0 Å². The molecule has 1 amide bonds. The van der Waals surface area contributed by atoms with Crippen molar-refractivity contribution in [3.05, 3.63) is 28.2 Å². The zero-order valence-corrected chi connectivity index (χ0v) is 17.3. The summed E-state index contributed by atoms with van der Waals surface area (Å²) in [5.41, 5.74) is 3.23. The molecule has 4 N–H and O–H groups in total. The third-order valence-electron chi connectivity index (χ3n) is 6.96. The van der Waals surface area contributed by atoms with Crippen LogP contribution in [-0.4, -0.2) is 65.0 Å². The molecule has 0 spiro atoms. The fourth-order valence-electron chi connectivity index (χ4n) is 5.52. The van der Waals surface area contributed by atoms with Crippen LogP contribution in [0.4, 0.5) is 5.69 Å². The molecular weight excluding hydrogens is 422 g/mol. The van der Waals surface area contributed by atoms with Gasteiger partial charge < -0.3 is 20.8 Å². The Morgan fingerprint density at radius 2 is 1.84 bits per heavy atom. The van der Waals surface area contributed by atoms with Gasteiger partial charge in [-0.2, -0.15) is 4.91 Å². The van der Waals surface area contributed by atoms with Crippen LogP contribution in [0, 0.1) is 28.6 Å². The second kappa shape index (κ2) is 7.02. The maximum Gasteiger partial charge on any atom is 0.235 e. The molecule has 0 heterocycles. The number of fused-ring (bicyclic) bond motifs is 3. The van der Waals surface area contributed by atoms with Crippen molar-refractivity contribution >= 4 is 34.7 Å². The quantitative estimate of drug-likeness (QED) is 0.395. The molecule has 0 aliphatic heterocycles. The lowest BCUT2D eigenvalue weighted by molar-refractivity contribution is -0.177. The lowest BCUT2D eigenvalue weighted by Gasteiger charge is -2.49. The van der Waals surface area contributed by atoms with E-state index >= 15 is 0 Å². The van der Waals surface area contributed by atoms with Gasteiger partial charge in [0, 0.05) is 25.7 Å². The largest absolute Gasteiger partial charge is 0.507 e. The Hall–Kier alpha value is -3.47. The number of primary amides is 1. The molecule has 3 aliphatic rings. The van der Waals surface area contributed by atoms with Crippen molar-refractivity contribution in [1.29, 1.82) is 0 Å². The van der Waals surface area contributed by atoms with Gasteiger partial charge in [-0.25, -0.2) is 0 Å². The van der Waals surface area contributed by atoms with E-state index < -0.39 is 64.4 Å². The van der Waals surface area contributed by atoms with Gasteiger partial charge in [-0.1, -0.05) is 5.18 Å². The van der Waals surface area contributed by atoms with Crippen LogP contribution in [0.5, 0.6) is 5.75 Å². The number of amides is 1. The molecular formula is C21H21N3O8. The first kappa shape index (κ1) is 21.8. The monoisotopic (exact) mass is 443 g/mol. The van der Waals surface area contributed by atoms with Crippen molar-refractivity contribution in [2.75, 3.05) is 19.0 Å². The van der Waals surface area contributed by atoms with Gasteiger partial charge in [0.05, 0.1) is 11.5 Å². The average Bonchev–Trinajstić information content (AvgIpc) is 2.70. The molecule has 11 nitrogen and oxygen atoms in total. The third kappa shape index (κ3) is 2.60. The van der Waals surface area contributed by atoms with Crippen molar-refractivity contribution in [3.8, 4) is 5.75 Å². The van der Waals surface area contributed by atoms with Crippen molar-refractivity contribution < 1.29 is 34.2 Å². The number of Topliss-reactive ketones (excluding diaryl/α,β-unsaturated/α-hetero) is 4. The number of nitroso groups, excluding NO2 is 1. The molecule has 0 bridgehead atoms. The zero-order chi connectivity index (χ0) is 23.7. The number of benzene rings is 1. The molecule has 11 heteroatoms. The Morgan fingerprint density at radius 1 is 1.19 bits per heavy atom. The number of nitrogens with two attached hydrogens (primary N) is 1. The van der Waals surface area contributed by atoms with Crippen molar-refractivity contribution in [2.45, 2.75) is 24.5 Å². The molecule has 32 heavy (non-hydrogen) atoms. The van der Waals surface area contributed by atoms with Crippen LogP contribution in [0.2, 0.25) is 0 Å². The Kier molecular flexibility index (Phi) is 4.77. The summed E-state index contributed by atoms with van der Waals surface area (Å²) in [6.07, 6.45) is -0.0842. The summed E-state index contributed by atoms with van der Waals surface area (Å²) in [5, 5.41) is 24.3. The number of aromatic hydroxyl groups is 1. The molecule has 6 unspecified atom stereocenters. The summed E-state index contributed by atoms with van der Waals surface area (Å²) in [7, 11) is 3.48. The van der Waals surface area contributed by atoms with Gasteiger partial charge in [-0.05, 0) is 36.5 Å². The number of phenolic OH excluding ortho intramolecular Hbond substituents is 1. The van der Waals surface area contributed by atoms with E-state index in [2.05, 4.69) is 5.18 Å². The molecule has 0 radical (unpaired) electrons. The molecule has 2 saturated carbocycles. The molecule has 0 aromatic heterocycles. The highest BCUT2D eigenvalue weighted by Gasteiger charge is 2.69. The van der Waals surface area contributed by atoms with Crippen molar-refractivity contribution in [2.24, 2.45) is 34.6 Å². The number of hydrogen-bond donors (Lipinski definition) is 3. The molecule has 2 fully saturated rings. The van der Waals surface area contributed by atoms with E-state index in [1.54, 1.807) is 25.1 Å². The van der Waals surface area contributed by atoms with Crippen molar-refractivity contribution in [3.63, 3.8) is 0 Å². The van der Waals surface area contributed by atoms with Gasteiger partial charge in [0.25, 0.3) is 0 Å². The minimum Gasteiger partial charge on any atom is -0.507 e. The summed E-state index contributed by atoms with van der Waals surface area (Å²) in [6, 6.07) is 1.09. The second-order valence-corrected chi connectivity index (χ2v) is 8.78. The van der Waals surface area contributed by atoms with E-state index in [1.165, 1.54) is 6.07 Å². The summed E-state index contributed by atoms with van der Waals surface area (Å²) in [4.78, 5) is 77.2. The van der Waals surface area contributed by atoms with E-state index in [0.717, 1.165) is 0 Å². The minimum absolute atomic E-state index is 0.0799. The Balaban J connectivity index is 1.88. The highest BCUT2D eigenvalue weighted by molar-refractivity contribution is 6.32. The third-order valence-corrected chi connectivity index (χ3v) is 6.96. The fourth-order valence-corrected chi connectivity index (χ4v) is 5.52. The smallest absolute Gasteiger partial charge is 0.235 e. The highest BCUT2D eigenvalue weighted by Crippen LogP contribution is 2.51. The molecule has 3 aliphatic carbocycles. The van der Waals surface area contributed by atoms with E-state index in [9.17, 15) is 39.1 Å². The number of carbonyl (C=O) groups excluding carboxylic acids is 5. The summed E-state index contributed by atoms with van der Waals surface area (Å²) < 4.78 is 0. The van der Waals surface area contributed by atoms with Gasteiger partial charge in [-0.15, -0.1) is 0 Å². The second-order valence-electron chi connectivity index (χ2n) is 8.78. The van der Waals surface area contributed by atoms with Crippen LogP contribution >= 0.6 is 0 Å². The Morgan fingerprint density at radius 3 is 2.41 bits per heavy atom. The molecule has 1 aromatic carbocycles. The van der Waals surface area contributed by atoms with Gasteiger partial charge in [-0.3, -0.25) is 24.0 Å². The predicted molar refractivity (Wildman–Crippen MR) is 108 cm³/mol. The number of aliphatic hydroxyl groups is 1. The number of nitrogens with zero attached hydrogens (tertiary/aromatic N) is 2. The molecule has 0 saturated heterocycles.